The first-order valence-corrected chi connectivity index (χ1v) is 6.46. The number of nitrogens with one attached hydrogen (secondary N) is 1. The maximum absolute atomic E-state index is 5.86. The number of halogens is 2. The molecule has 2 rings (SSSR count). The van der Waals surface area contributed by atoms with E-state index in [0.717, 1.165) is 21.3 Å². The number of benzene rings is 1. The van der Waals surface area contributed by atoms with Crippen LogP contribution in [-0.2, 0) is 0 Å². The lowest BCUT2D eigenvalue weighted by molar-refractivity contribution is 1.17. The molecule has 0 amide bonds. The van der Waals surface area contributed by atoms with Gasteiger partial charge in [-0.2, -0.15) is 0 Å². The third kappa shape index (κ3) is 2.57. The lowest BCUT2D eigenvalue weighted by atomic mass is 10.1. The topological polar surface area (TPSA) is 63.8 Å². The molecule has 0 radical (unpaired) electrons. The number of nitrogen functional groups attached to an aromatic ring is 1. The van der Waals surface area contributed by atoms with Crippen molar-refractivity contribution in [2.24, 2.45) is 0 Å². The normalized spacial score (nSPS) is 10.4. The van der Waals surface area contributed by atoms with E-state index >= 15 is 0 Å². The minimum absolute atomic E-state index is 0.250. The molecule has 1 aromatic carbocycles. The van der Waals surface area contributed by atoms with E-state index < -0.39 is 0 Å². The predicted molar refractivity (Wildman–Crippen MR) is 78.4 cm³/mol. The molecule has 1 aromatic heterocycles. The molecule has 0 saturated carbocycles. The van der Waals surface area contributed by atoms with Gasteiger partial charge in [0.1, 0.15) is 12.0 Å². The number of anilines is 3. The Bertz CT molecular complexity index is 578. The lowest BCUT2D eigenvalue weighted by Gasteiger charge is -2.14. The second kappa shape index (κ2) is 5.12. The van der Waals surface area contributed by atoms with Crippen LogP contribution in [0.5, 0.6) is 0 Å². The first-order valence-electron chi connectivity index (χ1n) is 5.28. The van der Waals surface area contributed by atoms with Crippen molar-refractivity contribution in [3.8, 4) is 0 Å². The van der Waals surface area contributed by atoms with E-state index in [0.29, 0.717) is 11.5 Å². The number of aromatic nitrogens is 2. The van der Waals surface area contributed by atoms with Crippen LogP contribution in [-0.4, -0.2) is 9.97 Å². The number of hydrogen-bond donors (Lipinski definition) is 2. The van der Waals surface area contributed by atoms with Gasteiger partial charge in [0.25, 0.3) is 0 Å². The maximum atomic E-state index is 5.86. The van der Waals surface area contributed by atoms with Crippen LogP contribution in [0.1, 0.15) is 11.1 Å². The molecule has 94 valence electrons. The fourth-order valence-corrected chi connectivity index (χ4v) is 2.52. The van der Waals surface area contributed by atoms with Crippen LogP contribution < -0.4 is 11.1 Å². The second-order valence-electron chi connectivity index (χ2n) is 3.97. The van der Waals surface area contributed by atoms with Crippen LogP contribution in [0.4, 0.5) is 17.2 Å². The molecular weight excluding hydrogens is 316 g/mol. The number of hydrogen-bond acceptors (Lipinski definition) is 4. The Morgan fingerprint density at radius 1 is 1.22 bits per heavy atom. The highest BCUT2D eigenvalue weighted by atomic mass is 79.9. The van der Waals surface area contributed by atoms with Gasteiger partial charge in [-0.15, -0.1) is 0 Å². The van der Waals surface area contributed by atoms with E-state index in [2.05, 4.69) is 31.2 Å². The molecule has 0 saturated heterocycles. The molecule has 0 fully saturated rings. The number of nitrogens with zero attached hydrogens (tertiary/aromatic N) is 2. The van der Waals surface area contributed by atoms with E-state index in [1.54, 1.807) is 0 Å². The molecule has 0 atom stereocenters. The zero-order chi connectivity index (χ0) is 13.3. The minimum atomic E-state index is 0.250. The first kappa shape index (κ1) is 13.1. The molecule has 2 aromatic rings. The average Bonchev–Trinajstić information content (AvgIpc) is 2.28. The van der Waals surface area contributed by atoms with Crippen molar-refractivity contribution in [2.45, 2.75) is 13.8 Å². The summed E-state index contributed by atoms with van der Waals surface area (Å²) in [4.78, 5) is 7.92. The molecule has 0 unspecified atom stereocenters. The zero-order valence-electron chi connectivity index (χ0n) is 9.96. The Kier molecular flexibility index (Phi) is 3.73. The van der Waals surface area contributed by atoms with E-state index in [9.17, 15) is 0 Å². The molecule has 0 aliphatic heterocycles. The van der Waals surface area contributed by atoms with Crippen molar-refractivity contribution in [2.75, 3.05) is 11.1 Å². The monoisotopic (exact) mass is 326 g/mol. The van der Waals surface area contributed by atoms with Crippen LogP contribution in [0.25, 0.3) is 0 Å². The van der Waals surface area contributed by atoms with E-state index in [1.807, 2.05) is 26.0 Å². The molecule has 3 N–H and O–H groups in total. The summed E-state index contributed by atoms with van der Waals surface area (Å²) >= 11 is 9.32. The van der Waals surface area contributed by atoms with Crippen molar-refractivity contribution in [1.82, 2.24) is 9.97 Å². The van der Waals surface area contributed by atoms with Crippen molar-refractivity contribution in [3.63, 3.8) is 0 Å². The van der Waals surface area contributed by atoms with Crippen molar-refractivity contribution >= 4 is 44.7 Å². The summed E-state index contributed by atoms with van der Waals surface area (Å²) in [6, 6.07) is 4.04. The summed E-state index contributed by atoms with van der Waals surface area (Å²) in [7, 11) is 0. The molecule has 18 heavy (non-hydrogen) atoms. The lowest BCUT2D eigenvalue weighted by Crippen LogP contribution is -2.03. The van der Waals surface area contributed by atoms with Gasteiger partial charge in [0, 0.05) is 10.2 Å². The molecule has 0 aliphatic rings. The van der Waals surface area contributed by atoms with Gasteiger partial charge in [0.05, 0.1) is 0 Å². The summed E-state index contributed by atoms with van der Waals surface area (Å²) < 4.78 is 1.04. The fraction of sp³-hybridized carbons (Fsp3) is 0.167. The van der Waals surface area contributed by atoms with Crippen LogP contribution in [0, 0.1) is 13.8 Å². The van der Waals surface area contributed by atoms with E-state index in [1.165, 1.54) is 6.33 Å². The molecule has 0 bridgehead atoms. The molecule has 1 heterocycles. The summed E-state index contributed by atoms with van der Waals surface area (Å²) in [5.41, 5.74) is 9.34. The Morgan fingerprint density at radius 3 is 2.44 bits per heavy atom. The molecule has 0 spiro atoms. The number of rotatable bonds is 2. The third-order valence-electron chi connectivity index (χ3n) is 2.58. The van der Waals surface area contributed by atoms with Gasteiger partial charge in [-0.3, -0.25) is 0 Å². The maximum Gasteiger partial charge on any atom is 0.158 e. The largest absolute Gasteiger partial charge is 0.393 e. The van der Waals surface area contributed by atoms with Gasteiger partial charge in [-0.25, -0.2) is 9.97 Å². The molecule has 6 heteroatoms. The number of nitrogens with two attached hydrogens (primary N) is 1. The van der Waals surface area contributed by atoms with Gasteiger partial charge >= 0.3 is 0 Å². The van der Waals surface area contributed by atoms with Crippen molar-refractivity contribution in [1.29, 1.82) is 0 Å². The second-order valence-corrected chi connectivity index (χ2v) is 5.24. The summed E-state index contributed by atoms with van der Waals surface area (Å²) in [6.07, 6.45) is 1.38. The predicted octanol–water partition coefficient (Wildman–Crippen LogP) is 3.84. The van der Waals surface area contributed by atoms with Gasteiger partial charge in [0.15, 0.2) is 11.0 Å². The zero-order valence-corrected chi connectivity index (χ0v) is 12.3. The van der Waals surface area contributed by atoms with Crippen LogP contribution in [0.2, 0.25) is 5.15 Å². The quantitative estimate of drug-likeness (QED) is 0.823. The smallest absolute Gasteiger partial charge is 0.158 e. The number of aryl methyl sites for hydroxylation is 2. The minimum Gasteiger partial charge on any atom is -0.393 e. The highest BCUT2D eigenvalue weighted by Gasteiger charge is 2.10. The highest BCUT2D eigenvalue weighted by molar-refractivity contribution is 9.10. The average molecular weight is 328 g/mol. The van der Waals surface area contributed by atoms with Gasteiger partial charge < -0.3 is 11.1 Å². The highest BCUT2D eigenvalue weighted by Crippen LogP contribution is 2.30. The fourth-order valence-electron chi connectivity index (χ4n) is 1.70. The van der Waals surface area contributed by atoms with Gasteiger partial charge in [0.2, 0.25) is 0 Å². The van der Waals surface area contributed by atoms with Crippen LogP contribution >= 0.6 is 27.5 Å². The Labute approximate surface area is 119 Å². The van der Waals surface area contributed by atoms with Crippen molar-refractivity contribution < 1.29 is 0 Å². The third-order valence-corrected chi connectivity index (χ3v) is 3.34. The summed E-state index contributed by atoms with van der Waals surface area (Å²) in [5, 5.41) is 3.45. The Hall–Kier alpha value is -1.33. The molecular formula is C12H12BrClN4. The first-order chi connectivity index (χ1) is 8.49. The summed E-state index contributed by atoms with van der Waals surface area (Å²) in [6.45, 7) is 4.03. The Morgan fingerprint density at radius 2 is 1.83 bits per heavy atom. The molecule has 0 aliphatic carbocycles. The van der Waals surface area contributed by atoms with E-state index in [-0.39, 0.29) is 5.15 Å². The summed E-state index contributed by atoms with van der Waals surface area (Å²) in [5.74, 6) is 0.517. The van der Waals surface area contributed by atoms with Crippen LogP contribution in [0.3, 0.4) is 0 Å². The standard InChI is InChI=1S/C12H12BrClN4/c1-6-3-8(13)4-7(2)10(6)18-12-9(15)11(14)16-5-17-12/h3-5H,15H2,1-2H3,(H,16,17,18). The van der Waals surface area contributed by atoms with Crippen molar-refractivity contribution in [3.05, 3.63) is 39.2 Å². The SMILES string of the molecule is Cc1cc(Br)cc(C)c1Nc1ncnc(Cl)c1N. The molecule has 4 nitrogen and oxygen atoms in total. The van der Waals surface area contributed by atoms with Gasteiger partial charge in [-0.1, -0.05) is 27.5 Å². The van der Waals surface area contributed by atoms with Gasteiger partial charge in [-0.05, 0) is 37.1 Å². The van der Waals surface area contributed by atoms with E-state index in [4.69, 9.17) is 17.3 Å². The van der Waals surface area contributed by atoms with Crippen LogP contribution in [0.15, 0.2) is 22.9 Å². The Balaban J connectivity index is 2.43.